The first-order valence-corrected chi connectivity index (χ1v) is 8.42. The molecule has 6 heteroatoms. The third kappa shape index (κ3) is 5.23. The monoisotopic (exact) mass is 334 g/mol. The number of hydrogen-bond acceptors (Lipinski definition) is 5. The van der Waals surface area contributed by atoms with Crippen LogP contribution >= 0.6 is 0 Å². The minimum atomic E-state index is -0.0163. The van der Waals surface area contributed by atoms with E-state index in [1.54, 1.807) is 25.3 Å². The van der Waals surface area contributed by atoms with Gasteiger partial charge in [0.25, 0.3) is 0 Å². The number of nitrogens with one attached hydrogen (secondary N) is 1. The van der Waals surface area contributed by atoms with Crippen LogP contribution in [0.4, 0.5) is 0 Å². The molecule has 6 nitrogen and oxygen atoms in total. The Morgan fingerprint density at radius 1 is 1.21 bits per heavy atom. The van der Waals surface area contributed by atoms with Crippen LogP contribution in [0.1, 0.15) is 36.5 Å². The zero-order valence-corrected chi connectivity index (χ0v) is 14.5. The van der Waals surface area contributed by atoms with E-state index in [4.69, 9.17) is 9.47 Å². The van der Waals surface area contributed by atoms with Crippen LogP contribution in [-0.2, 0) is 4.79 Å². The number of methoxy groups -OCH3 is 1. The molecule has 0 spiro atoms. The predicted octanol–water partition coefficient (Wildman–Crippen LogP) is 1.88. The summed E-state index contributed by atoms with van der Waals surface area (Å²) in [5.41, 5.74) is 0.587. The van der Waals surface area contributed by atoms with E-state index in [1.165, 1.54) is 6.92 Å². The van der Waals surface area contributed by atoms with Gasteiger partial charge in [-0.15, -0.1) is 0 Å². The van der Waals surface area contributed by atoms with E-state index in [9.17, 15) is 9.59 Å². The van der Waals surface area contributed by atoms with Crippen LogP contribution in [0.25, 0.3) is 0 Å². The summed E-state index contributed by atoms with van der Waals surface area (Å²) in [6.45, 7) is 5.39. The van der Waals surface area contributed by atoms with Crippen LogP contribution in [-0.4, -0.2) is 56.5 Å². The Bertz CT molecular complexity index is 566. The second-order valence-electron chi connectivity index (χ2n) is 5.86. The maximum atomic E-state index is 12.2. The number of ether oxygens (including phenoxy) is 2. The quantitative estimate of drug-likeness (QED) is 0.609. The summed E-state index contributed by atoms with van der Waals surface area (Å²) in [6, 6.07) is 5.13. The first-order valence-electron chi connectivity index (χ1n) is 8.42. The highest BCUT2D eigenvalue weighted by Gasteiger charge is 2.15. The van der Waals surface area contributed by atoms with E-state index in [2.05, 4.69) is 5.32 Å². The number of amides is 1. The van der Waals surface area contributed by atoms with Crippen LogP contribution in [0.5, 0.6) is 11.5 Å². The SMILES string of the molecule is COc1cc(C(C)=O)ccc1OCCCC(=O)N1CCCNCC1. The van der Waals surface area contributed by atoms with Crippen molar-refractivity contribution in [3.05, 3.63) is 23.8 Å². The molecular formula is C18H26N2O4. The molecule has 0 aliphatic carbocycles. The van der Waals surface area contributed by atoms with Crippen molar-refractivity contribution >= 4 is 11.7 Å². The molecule has 24 heavy (non-hydrogen) atoms. The van der Waals surface area contributed by atoms with Gasteiger partial charge in [0, 0.05) is 31.6 Å². The van der Waals surface area contributed by atoms with Gasteiger partial charge in [-0.2, -0.15) is 0 Å². The second kappa shape index (κ2) is 9.27. The third-order valence-corrected chi connectivity index (χ3v) is 4.06. The minimum Gasteiger partial charge on any atom is -0.493 e. The van der Waals surface area contributed by atoms with Crippen LogP contribution in [0.15, 0.2) is 18.2 Å². The van der Waals surface area contributed by atoms with Crippen molar-refractivity contribution < 1.29 is 19.1 Å². The number of rotatable bonds is 7. The molecule has 1 aromatic carbocycles. The maximum Gasteiger partial charge on any atom is 0.222 e. The van der Waals surface area contributed by atoms with Gasteiger partial charge in [0.2, 0.25) is 5.91 Å². The molecule has 1 fully saturated rings. The second-order valence-corrected chi connectivity index (χ2v) is 5.86. The number of ketones is 1. The van der Waals surface area contributed by atoms with Crippen molar-refractivity contribution in [2.75, 3.05) is 39.9 Å². The first kappa shape index (κ1) is 18.3. The summed E-state index contributed by atoms with van der Waals surface area (Å²) in [7, 11) is 1.54. The number of benzene rings is 1. The average molecular weight is 334 g/mol. The lowest BCUT2D eigenvalue weighted by Gasteiger charge is -2.20. The Balaban J connectivity index is 1.79. The first-order chi connectivity index (χ1) is 11.6. The fourth-order valence-electron chi connectivity index (χ4n) is 2.66. The van der Waals surface area contributed by atoms with E-state index < -0.39 is 0 Å². The van der Waals surface area contributed by atoms with E-state index in [1.807, 2.05) is 4.90 Å². The Hall–Kier alpha value is -2.08. The molecule has 0 radical (unpaired) electrons. The molecular weight excluding hydrogens is 308 g/mol. The highest BCUT2D eigenvalue weighted by atomic mass is 16.5. The summed E-state index contributed by atoms with van der Waals surface area (Å²) in [4.78, 5) is 25.5. The molecule has 0 saturated carbocycles. The molecule has 1 aliphatic heterocycles. The van der Waals surface area contributed by atoms with Gasteiger partial charge >= 0.3 is 0 Å². The number of carbonyl (C=O) groups excluding carboxylic acids is 2. The molecule has 0 bridgehead atoms. The van der Waals surface area contributed by atoms with E-state index in [-0.39, 0.29) is 11.7 Å². The molecule has 0 unspecified atom stereocenters. The third-order valence-electron chi connectivity index (χ3n) is 4.06. The molecule has 132 valence electrons. The van der Waals surface area contributed by atoms with E-state index >= 15 is 0 Å². The molecule has 0 atom stereocenters. The van der Waals surface area contributed by atoms with Gasteiger partial charge in [-0.25, -0.2) is 0 Å². The topological polar surface area (TPSA) is 67.9 Å². The molecule has 2 rings (SSSR count). The van der Waals surface area contributed by atoms with Gasteiger partial charge in [0.05, 0.1) is 13.7 Å². The maximum absolute atomic E-state index is 12.2. The Morgan fingerprint density at radius 3 is 2.79 bits per heavy atom. The molecule has 1 heterocycles. The lowest BCUT2D eigenvalue weighted by atomic mass is 10.1. The van der Waals surface area contributed by atoms with Crippen molar-refractivity contribution in [1.82, 2.24) is 10.2 Å². The average Bonchev–Trinajstić information content (AvgIpc) is 2.87. The summed E-state index contributed by atoms with van der Waals surface area (Å²) in [5.74, 6) is 1.29. The highest BCUT2D eigenvalue weighted by molar-refractivity contribution is 5.94. The van der Waals surface area contributed by atoms with Crippen molar-refractivity contribution in [2.45, 2.75) is 26.2 Å². The van der Waals surface area contributed by atoms with Gasteiger partial charge in [-0.1, -0.05) is 0 Å². The predicted molar refractivity (Wildman–Crippen MR) is 91.8 cm³/mol. The van der Waals surface area contributed by atoms with E-state index in [0.717, 1.165) is 32.6 Å². The summed E-state index contributed by atoms with van der Waals surface area (Å²) >= 11 is 0. The van der Waals surface area contributed by atoms with Gasteiger partial charge in [-0.05, 0) is 44.5 Å². The fraction of sp³-hybridized carbons (Fsp3) is 0.556. The van der Waals surface area contributed by atoms with Crippen molar-refractivity contribution in [2.24, 2.45) is 0 Å². The molecule has 1 N–H and O–H groups in total. The van der Waals surface area contributed by atoms with Crippen LogP contribution in [0, 0.1) is 0 Å². The lowest BCUT2D eigenvalue weighted by molar-refractivity contribution is -0.131. The molecule has 1 amide bonds. The smallest absolute Gasteiger partial charge is 0.222 e. The summed E-state index contributed by atoms with van der Waals surface area (Å²) < 4.78 is 11.0. The van der Waals surface area contributed by atoms with Gasteiger partial charge in [-0.3, -0.25) is 9.59 Å². The zero-order valence-electron chi connectivity index (χ0n) is 14.5. The normalized spacial score (nSPS) is 14.8. The van der Waals surface area contributed by atoms with Gasteiger partial charge in [0.15, 0.2) is 17.3 Å². The fourth-order valence-corrected chi connectivity index (χ4v) is 2.66. The number of hydrogen-bond donors (Lipinski definition) is 1. The Kier molecular flexibility index (Phi) is 7.06. The number of Topliss-reactive ketones (excluding diaryl/α,β-unsaturated/α-hetero) is 1. The number of nitrogens with zero attached hydrogens (tertiary/aromatic N) is 1. The van der Waals surface area contributed by atoms with Gasteiger partial charge < -0.3 is 19.7 Å². The highest BCUT2D eigenvalue weighted by Crippen LogP contribution is 2.28. The molecule has 1 aliphatic rings. The van der Waals surface area contributed by atoms with Crippen molar-refractivity contribution in [1.29, 1.82) is 0 Å². The zero-order chi connectivity index (χ0) is 17.4. The van der Waals surface area contributed by atoms with Crippen molar-refractivity contribution in [3.8, 4) is 11.5 Å². The van der Waals surface area contributed by atoms with Crippen LogP contribution in [0.2, 0.25) is 0 Å². The van der Waals surface area contributed by atoms with Crippen LogP contribution in [0.3, 0.4) is 0 Å². The summed E-state index contributed by atoms with van der Waals surface area (Å²) in [6.07, 6.45) is 2.14. The molecule has 1 aromatic rings. The van der Waals surface area contributed by atoms with Gasteiger partial charge in [0.1, 0.15) is 0 Å². The van der Waals surface area contributed by atoms with E-state index in [0.29, 0.717) is 36.5 Å². The minimum absolute atomic E-state index is 0.0163. The largest absolute Gasteiger partial charge is 0.493 e. The molecule has 0 aromatic heterocycles. The summed E-state index contributed by atoms with van der Waals surface area (Å²) in [5, 5.41) is 3.29. The Labute approximate surface area is 143 Å². The number of carbonyl (C=O) groups is 2. The Morgan fingerprint density at radius 2 is 2.04 bits per heavy atom. The standard InChI is InChI=1S/C18H26N2O4/c1-14(21)15-6-7-16(17(13-15)23-2)24-12-3-5-18(22)20-10-4-8-19-9-11-20/h6-7,13,19H,3-5,8-12H2,1-2H3. The lowest BCUT2D eigenvalue weighted by Crippen LogP contribution is -2.34. The van der Waals surface area contributed by atoms with Crippen LogP contribution < -0.4 is 14.8 Å². The van der Waals surface area contributed by atoms with Crippen molar-refractivity contribution in [3.63, 3.8) is 0 Å². The molecule has 1 saturated heterocycles.